The van der Waals surface area contributed by atoms with Gasteiger partial charge in [-0.05, 0) is 48.5 Å². The number of nitrogens with two attached hydrogens (primary N) is 1. The molecule has 2 heterocycles. The number of furan rings is 1. The maximum Gasteiger partial charge on any atom is 0.234 e. The van der Waals surface area contributed by atoms with E-state index >= 15 is 0 Å². The molecule has 0 spiro atoms. The molecule has 0 saturated heterocycles. The predicted octanol–water partition coefficient (Wildman–Crippen LogP) is 3.78. The number of para-hydroxylation sites is 1. The number of amides is 1. The standard InChI is InChI=1S/C20H17N5O3S/c21-25-19(17-7-4-12-27-17)23-24-20(25)29-13-18(26)22-14-8-10-16(11-9-14)28-15-5-2-1-3-6-15/h1-12H,13,21H2,(H,22,26). The van der Waals surface area contributed by atoms with Gasteiger partial charge in [-0.2, -0.15) is 0 Å². The lowest BCUT2D eigenvalue weighted by molar-refractivity contribution is -0.113. The Labute approximate surface area is 170 Å². The normalized spacial score (nSPS) is 10.6. The van der Waals surface area contributed by atoms with Crippen LogP contribution in [-0.4, -0.2) is 26.5 Å². The molecule has 0 bridgehead atoms. The number of benzene rings is 2. The number of nitrogen functional groups attached to an aromatic ring is 1. The molecule has 0 unspecified atom stereocenters. The number of carbonyl (C=O) groups is 1. The molecule has 4 rings (SSSR count). The molecule has 1 amide bonds. The lowest BCUT2D eigenvalue weighted by Crippen LogP contribution is -2.16. The van der Waals surface area contributed by atoms with Gasteiger partial charge in [0.2, 0.25) is 16.9 Å². The fraction of sp³-hybridized carbons (Fsp3) is 0.0500. The molecular weight excluding hydrogens is 390 g/mol. The van der Waals surface area contributed by atoms with E-state index in [1.165, 1.54) is 22.7 Å². The van der Waals surface area contributed by atoms with E-state index in [9.17, 15) is 4.79 Å². The fourth-order valence-electron chi connectivity index (χ4n) is 2.51. The molecule has 0 fully saturated rings. The first-order valence-electron chi connectivity index (χ1n) is 8.69. The largest absolute Gasteiger partial charge is 0.461 e. The average molecular weight is 407 g/mol. The Morgan fingerprint density at radius 1 is 1.03 bits per heavy atom. The maximum atomic E-state index is 12.2. The molecule has 0 radical (unpaired) electrons. The molecule has 9 heteroatoms. The van der Waals surface area contributed by atoms with Gasteiger partial charge in [-0.3, -0.25) is 4.79 Å². The molecule has 0 atom stereocenters. The third-order valence-corrected chi connectivity index (χ3v) is 4.80. The van der Waals surface area contributed by atoms with E-state index in [2.05, 4.69) is 15.5 Å². The van der Waals surface area contributed by atoms with Crippen molar-refractivity contribution >= 4 is 23.4 Å². The molecule has 0 saturated carbocycles. The van der Waals surface area contributed by atoms with Crippen LogP contribution in [0.3, 0.4) is 0 Å². The molecule has 0 aliphatic carbocycles. The van der Waals surface area contributed by atoms with Crippen LogP contribution in [0.1, 0.15) is 0 Å². The van der Waals surface area contributed by atoms with Crippen LogP contribution < -0.4 is 15.9 Å². The lowest BCUT2D eigenvalue weighted by atomic mass is 10.3. The number of aromatic nitrogens is 3. The number of nitrogens with zero attached hydrogens (tertiary/aromatic N) is 3. The zero-order chi connectivity index (χ0) is 20.1. The van der Waals surface area contributed by atoms with Crippen LogP contribution in [0.2, 0.25) is 0 Å². The average Bonchev–Trinajstić information content (AvgIpc) is 3.38. The van der Waals surface area contributed by atoms with Gasteiger partial charge in [0.05, 0.1) is 12.0 Å². The van der Waals surface area contributed by atoms with Gasteiger partial charge in [-0.15, -0.1) is 10.2 Å². The number of nitrogens with one attached hydrogen (secondary N) is 1. The zero-order valence-corrected chi connectivity index (χ0v) is 16.0. The first kappa shape index (κ1) is 18.6. The number of hydrogen-bond acceptors (Lipinski definition) is 7. The van der Waals surface area contributed by atoms with Crippen molar-refractivity contribution in [1.29, 1.82) is 0 Å². The van der Waals surface area contributed by atoms with E-state index in [1.807, 2.05) is 30.3 Å². The highest BCUT2D eigenvalue weighted by Crippen LogP contribution is 2.24. The number of anilines is 1. The van der Waals surface area contributed by atoms with Gasteiger partial charge in [0.25, 0.3) is 0 Å². The highest BCUT2D eigenvalue weighted by atomic mass is 32.2. The third-order valence-electron chi connectivity index (χ3n) is 3.86. The van der Waals surface area contributed by atoms with Gasteiger partial charge in [0.15, 0.2) is 5.76 Å². The Morgan fingerprint density at radius 3 is 2.52 bits per heavy atom. The van der Waals surface area contributed by atoms with Crippen LogP contribution in [-0.2, 0) is 4.79 Å². The molecule has 29 heavy (non-hydrogen) atoms. The topological polar surface area (TPSA) is 108 Å². The van der Waals surface area contributed by atoms with Crippen molar-refractivity contribution in [3.8, 4) is 23.1 Å². The minimum atomic E-state index is -0.186. The van der Waals surface area contributed by atoms with E-state index in [-0.39, 0.29) is 11.7 Å². The Hall–Kier alpha value is -3.72. The van der Waals surface area contributed by atoms with E-state index < -0.39 is 0 Å². The minimum Gasteiger partial charge on any atom is -0.461 e. The summed E-state index contributed by atoms with van der Waals surface area (Å²) >= 11 is 1.18. The molecular formula is C20H17N5O3S. The maximum absolute atomic E-state index is 12.2. The van der Waals surface area contributed by atoms with Gasteiger partial charge in [-0.1, -0.05) is 30.0 Å². The van der Waals surface area contributed by atoms with Crippen LogP contribution in [0, 0.1) is 0 Å². The molecule has 4 aromatic rings. The summed E-state index contributed by atoms with van der Waals surface area (Å²) in [6.45, 7) is 0. The minimum absolute atomic E-state index is 0.135. The van der Waals surface area contributed by atoms with Gasteiger partial charge in [0.1, 0.15) is 11.5 Å². The van der Waals surface area contributed by atoms with Crippen LogP contribution in [0.15, 0.2) is 82.6 Å². The SMILES string of the molecule is Nn1c(SCC(=O)Nc2ccc(Oc3ccccc3)cc2)nnc1-c1ccco1. The summed E-state index contributed by atoms with van der Waals surface area (Å²) in [7, 11) is 0. The van der Waals surface area contributed by atoms with Crippen molar-refractivity contribution in [1.82, 2.24) is 14.9 Å². The van der Waals surface area contributed by atoms with Crippen molar-refractivity contribution in [2.75, 3.05) is 16.9 Å². The Balaban J connectivity index is 1.31. The van der Waals surface area contributed by atoms with Gasteiger partial charge in [-0.25, -0.2) is 4.68 Å². The first-order valence-corrected chi connectivity index (χ1v) is 9.67. The van der Waals surface area contributed by atoms with Gasteiger partial charge in [0, 0.05) is 5.69 Å². The summed E-state index contributed by atoms with van der Waals surface area (Å²) in [6, 6.07) is 20.1. The van der Waals surface area contributed by atoms with Crippen LogP contribution in [0.25, 0.3) is 11.6 Å². The number of thioether (sulfide) groups is 1. The Bertz CT molecular complexity index is 1080. The van der Waals surface area contributed by atoms with Crippen LogP contribution >= 0.6 is 11.8 Å². The van der Waals surface area contributed by atoms with E-state index in [4.69, 9.17) is 15.0 Å². The number of ether oxygens (including phenoxy) is 1. The number of hydrogen-bond donors (Lipinski definition) is 2. The van der Waals surface area contributed by atoms with Crippen molar-refractivity contribution in [2.45, 2.75) is 5.16 Å². The number of carbonyl (C=O) groups excluding carboxylic acids is 1. The molecule has 0 aliphatic heterocycles. The van der Waals surface area contributed by atoms with Crippen LogP contribution in [0.4, 0.5) is 5.69 Å². The molecule has 3 N–H and O–H groups in total. The summed E-state index contributed by atoms with van der Waals surface area (Å²) in [4.78, 5) is 12.2. The molecule has 2 aromatic carbocycles. The second kappa shape index (κ2) is 8.53. The van der Waals surface area contributed by atoms with Crippen molar-refractivity contribution in [3.63, 3.8) is 0 Å². The molecule has 0 aliphatic rings. The smallest absolute Gasteiger partial charge is 0.234 e. The van der Waals surface area contributed by atoms with E-state index in [0.717, 1.165) is 5.75 Å². The van der Waals surface area contributed by atoms with E-state index in [0.29, 0.717) is 28.2 Å². The predicted molar refractivity (Wildman–Crippen MR) is 110 cm³/mol. The summed E-state index contributed by atoms with van der Waals surface area (Å²) < 4.78 is 12.3. The fourth-order valence-corrected chi connectivity index (χ4v) is 3.16. The van der Waals surface area contributed by atoms with Gasteiger partial charge >= 0.3 is 0 Å². The summed E-state index contributed by atoms with van der Waals surface area (Å²) in [6.07, 6.45) is 1.53. The van der Waals surface area contributed by atoms with Crippen molar-refractivity contribution in [3.05, 3.63) is 73.0 Å². The lowest BCUT2D eigenvalue weighted by Gasteiger charge is -2.08. The second-order valence-electron chi connectivity index (χ2n) is 5.93. The third kappa shape index (κ3) is 4.58. The summed E-state index contributed by atoms with van der Waals surface area (Å²) in [5.74, 6) is 8.27. The van der Waals surface area contributed by atoms with Crippen molar-refractivity contribution in [2.24, 2.45) is 0 Å². The van der Waals surface area contributed by atoms with Crippen LogP contribution in [0.5, 0.6) is 11.5 Å². The zero-order valence-electron chi connectivity index (χ0n) is 15.2. The second-order valence-corrected chi connectivity index (χ2v) is 6.87. The Kier molecular flexibility index (Phi) is 5.48. The molecule has 2 aromatic heterocycles. The highest BCUT2D eigenvalue weighted by molar-refractivity contribution is 7.99. The monoisotopic (exact) mass is 407 g/mol. The number of rotatable bonds is 7. The summed E-state index contributed by atoms with van der Waals surface area (Å²) in [5, 5.41) is 11.2. The first-order chi connectivity index (χ1) is 14.2. The molecule has 8 nitrogen and oxygen atoms in total. The van der Waals surface area contributed by atoms with E-state index in [1.54, 1.807) is 36.4 Å². The highest BCUT2D eigenvalue weighted by Gasteiger charge is 2.15. The molecule has 146 valence electrons. The Morgan fingerprint density at radius 2 is 1.79 bits per heavy atom. The van der Waals surface area contributed by atoms with Crippen molar-refractivity contribution < 1.29 is 13.9 Å². The van der Waals surface area contributed by atoms with Gasteiger partial charge < -0.3 is 20.3 Å². The summed E-state index contributed by atoms with van der Waals surface area (Å²) in [5.41, 5.74) is 0.668. The quantitative estimate of drug-likeness (QED) is 0.354.